The molecule has 0 unspecified atom stereocenters. The number of anilines is 1. The van der Waals surface area contributed by atoms with Gasteiger partial charge in [0, 0.05) is 17.8 Å². The summed E-state index contributed by atoms with van der Waals surface area (Å²) in [6, 6.07) is 0. The summed E-state index contributed by atoms with van der Waals surface area (Å²) in [5.74, 6) is 0. The molecule has 0 aliphatic carbocycles. The second kappa shape index (κ2) is 4.95. The molecule has 3 heterocycles. The van der Waals surface area contributed by atoms with Crippen LogP contribution >= 0.6 is 22.7 Å². The molecule has 92 valence electrons. The molecule has 18 heavy (non-hydrogen) atoms. The Morgan fingerprint density at radius 2 is 2.00 bits per heavy atom. The third-order valence-corrected chi connectivity index (χ3v) is 4.22. The van der Waals surface area contributed by atoms with Gasteiger partial charge < -0.3 is 5.73 Å². The van der Waals surface area contributed by atoms with Crippen LogP contribution in [0.25, 0.3) is 10.5 Å². The smallest absolute Gasteiger partial charge is 0.189 e. The lowest BCUT2D eigenvalue weighted by molar-refractivity contribution is 0.801. The SMILES string of the molecule is Nc1nc(CCCc2nc3nccnc3s2)cs1. The quantitative estimate of drug-likeness (QED) is 0.791. The van der Waals surface area contributed by atoms with Crippen molar-refractivity contribution in [3.8, 4) is 0 Å². The number of rotatable bonds is 4. The zero-order valence-corrected chi connectivity index (χ0v) is 11.2. The highest BCUT2D eigenvalue weighted by Gasteiger charge is 2.06. The van der Waals surface area contributed by atoms with Gasteiger partial charge in [0.2, 0.25) is 0 Å². The van der Waals surface area contributed by atoms with Crippen LogP contribution in [0.1, 0.15) is 17.1 Å². The molecule has 0 fully saturated rings. The van der Waals surface area contributed by atoms with Gasteiger partial charge in [-0.3, -0.25) is 0 Å². The van der Waals surface area contributed by atoms with E-state index in [0.717, 1.165) is 40.4 Å². The Bertz CT molecular complexity index is 627. The fraction of sp³-hybridized carbons (Fsp3) is 0.273. The van der Waals surface area contributed by atoms with E-state index in [2.05, 4.69) is 19.9 Å². The van der Waals surface area contributed by atoms with E-state index in [1.807, 2.05) is 5.38 Å². The van der Waals surface area contributed by atoms with E-state index < -0.39 is 0 Å². The van der Waals surface area contributed by atoms with Gasteiger partial charge >= 0.3 is 0 Å². The summed E-state index contributed by atoms with van der Waals surface area (Å²) in [4.78, 5) is 18.0. The van der Waals surface area contributed by atoms with Crippen molar-refractivity contribution in [3.05, 3.63) is 28.5 Å². The van der Waals surface area contributed by atoms with Crippen LogP contribution in [0, 0.1) is 0 Å². The standard InChI is InChI=1S/C11H11N5S2/c12-11-15-7(6-17-11)2-1-3-8-16-9-10(18-8)14-5-4-13-9/h4-6H,1-3H2,(H2,12,15). The summed E-state index contributed by atoms with van der Waals surface area (Å²) in [6.45, 7) is 0. The second-order valence-electron chi connectivity index (χ2n) is 3.82. The lowest BCUT2D eigenvalue weighted by Gasteiger charge is -1.94. The van der Waals surface area contributed by atoms with Crippen LogP contribution in [0.3, 0.4) is 0 Å². The number of nitrogen functional groups attached to an aromatic ring is 1. The van der Waals surface area contributed by atoms with Gasteiger partial charge in [0.05, 0.1) is 10.7 Å². The van der Waals surface area contributed by atoms with Crippen molar-refractivity contribution in [3.63, 3.8) is 0 Å². The van der Waals surface area contributed by atoms with Crippen LogP contribution in [0.2, 0.25) is 0 Å². The number of fused-ring (bicyclic) bond motifs is 1. The number of nitrogens with zero attached hydrogens (tertiary/aromatic N) is 4. The Hall–Kier alpha value is -1.60. The number of nitrogens with two attached hydrogens (primary N) is 1. The van der Waals surface area contributed by atoms with E-state index in [-0.39, 0.29) is 0 Å². The largest absolute Gasteiger partial charge is 0.375 e. The predicted octanol–water partition coefficient (Wildman–Crippen LogP) is 2.30. The summed E-state index contributed by atoms with van der Waals surface area (Å²) >= 11 is 3.10. The zero-order valence-electron chi connectivity index (χ0n) is 9.54. The molecule has 0 aliphatic heterocycles. The summed E-state index contributed by atoms with van der Waals surface area (Å²) in [5, 5.41) is 3.73. The van der Waals surface area contributed by atoms with Gasteiger partial charge in [0.25, 0.3) is 0 Å². The first-order valence-electron chi connectivity index (χ1n) is 5.57. The number of aromatic nitrogens is 4. The van der Waals surface area contributed by atoms with E-state index in [4.69, 9.17) is 5.73 Å². The maximum absolute atomic E-state index is 5.59. The minimum absolute atomic E-state index is 0.637. The van der Waals surface area contributed by atoms with Crippen molar-refractivity contribution in [2.45, 2.75) is 19.3 Å². The number of hydrogen-bond acceptors (Lipinski definition) is 7. The van der Waals surface area contributed by atoms with Crippen molar-refractivity contribution < 1.29 is 0 Å². The van der Waals surface area contributed by atoms with Gasteiger partial charge in [0.15, 0.2) is 15.6 Å². The highest BCUT2D eigenvalue weighted by molar-refractivity contribution is 7.18. The number of aryl methyl sites for hydroxylation is 2. The normalized spacial score (nSPS) is 11.1. The summed E-state index contributed by atoms with van der Waals surface area (Å²) in [5.41, 5.74) is 7.40. The van der Waals surface area contributed by atoms with Crippen LogP contribution in [0.5, 0.6) is 0 Å². The van der Waals surface area contributed by atoms with E-state index in [1.54, 1.807) is 23.7 Å². The van der Waals surface area contributed by atoms with Crippen molar-refractivity contribution in [2.24, 2.45) is 0 Å². The molecule has 2 N–H and O–H groups in total. The van der Waals surface area contributed by atoms with E-state index >= 15 is 0 Å². The Labute approximate surface area is 112 Å². The van der Waals surface area contributed by atoms with Crippen molar-refractivity contribution in [1.29, 1.82) is 0 Å². The zero-order chi connectivity index (χ0) is 12.4. The molecule has 5 nitrogen and oxygen atoms in total. The van der Waals surface area contributed by atoms with Gasteiger partial charge in [-0.25, -0.2) is 19.9 Å². The van der Waals surface area contributed by atoms with E-state index in [0.29, 0.717) is 5.13 Å². The maximum Gasteiger partial charge on any atom is 0.189 e. The van der Waals surface area contributed by atoms with Crippen LogP contribution in [0.4, 0.5) is 5.13 Å². The number of thiazole rings is 2. The minimum Gasteiger partial charge on any atom is -0.375 e. The molecule has 0 aromatic carbocycles. The Morgan fingerprint density at radius 1 is 1.11 bits per heavy atom. The predicted molar refractivity (Wildman–Crippen MR) is 73.8 cm³/mol. The highest BCUT2D eigenvalue weighted by atomic mass is 32.1. The molecule has 0 saturated heterocycles. The average Bonchev–Trinajstić information content (AvgIpc) is 2.95. The van der Waals surface area contributed by atoms with Crippen LogP contribution in [-0.2, 0) is 12.8 Å². The minimum atomic E-state index is 0.637. The van der Waals surface area contributed by atoms with Gasteiger partial charge in [-0.15, -0.1) is 11.3 Å². The monoisotopic (exact) mass is 277 g/mol. The topological polar surface area (TPSA) is 77.6 Å². The number of hydrogen-bond donors (Lipinski definition) is 1. The molecule has 0 spiro atoms. The summed E-state index contributed by atoms with van der Waals surface area (Å²) in [7, 11) is 0. The fourth-order valence-corrected chi connectivity index (χ4v) is 3.19. The first-order chi connectivity index (χ1) is 8.81. The molecule has 0 atom stereocenters. The van der Waals surface area contributed by atoms with Crippen LogP contribution in [0.15, 0.2) is 17.8 Å². The van der Waals surface area contributed by atoms with Crippen LogP contribution in [-0.4, -0.2) is 19.9 Å². The summed E-state index contributed by atoms with van der Waals surface area (Å²) in [6.07, 6.45) is 6.25. The Morgan fingerprint density at radius 3 is 2.78 bits per heavy atom. The first kappa shape index (κ1) is 11.5. The van der Waals surface area contributed by atoms with Crippen molar-refractivity contribution in [1.82, 2.24) is 19.9 Å². The second-order valence-corrected chi connectivity index (χ2v) is 5.78. The Kier molecular flexibility index (Phi) is 3.16. The molecule has 3 aromatic heterocycles. The highest BCUT2D eigenvalue weighted by Crippen LogP contribution is 2.20. The fourth-order valence-electron chi connectivity index (χ4n) is 1.68. The molecule has 0 saturated carbocycles. The third-order valence-electron chi connectivity index (χ3n) is 2.48. The Balaban J connectivity index is 1.62. The van der Waals surface area contributed by atoms with Gasteiger partial charge in [-0.05, 0) is 19.3 Å². The molecule has 0 amide bonds. The third kappa shape index (κ3) is 2.46. The molecular formula is C11H11N5S2. The van der Waals surface area contributed by atoms with Crippen molar-refractivity contribution >= 4 is 38.3 Å². The van der Waals surface area contributed by atoms with E-state index in [9.17, 15) is 0 Å². The molecular weight excluding hydrogens is 266 g/mol. The van der Waals surface area contributed by atoms with E-state index in [1.165, 1.54) is 11.3 Å². The molecule has 3 rings (SSSR count). The van der Waals surface area contributed by atoms with Gasteiger partial charge in [0.1, 0.15) is 0 Å². The molecule has 0 aliphatic rings. The summed E-state index contributed by atoms with van der Waals surface area (Å²) < 4.78 is 0. The van der Waals surface area contributed by atoms with Gasteiger partial charge in [-0.2, -0.15) is 0 Å². The van der Waals surface area contributed by atoms with Crippen molar-refractivity contribution in [2.75, 3.05) is 5.73 Å². The molecule has 7 heteroatoms. The first-order valence-corrected chi connectivity index (χ1v) is 7.27. The average molecular weight is 277 g/mol. The lowest BCUT2D eigenvalue weighted by Crippen LogP contribution is -1.91. The maximum atomic E-state index is 5.59. The molecule has 0 radical (unpaired) electrons. The molecule has 0 bridgehead atoms. The lowest BCUT2D eigenvalue weighted by atomic mass is 10.2. The van der Waals surface area contributed by atoms with Crippen LogP contribution < -0.4 is 5.73 Å². The molecule has 3 aromatic rings. The van der Waals surface area contributed by atoms with Gasteiger partial charge in [-0.1, -0.05) is 11.3 Å².